The lowest BCUT2D eigenvalue weighted by Crippen LogP contribution is -2.61. The van der Waals surface area contributed by atoms with Crippen molar-refractivity contribution in [2.45, 2.75) is 161 Å². The predicted molar refractivity (Wildman–Crippen MR) is 237 cm³/mol. The number of rotatable bonds is 11. The molecule has 4 aliphatic heterocycles. The zero-order valence-electron chi connectivity index (χ0n) is 39.7. The van der Waals surface area contributed by atoms with Crippen molar-refractivity contribution < 1.29 is 52.3 Å². The van der Waals surface area contributed by atoms with Crippen LogP contribution in [0.15, 0.2) is 49.2 Å². The Hall–Kier alpha value is -4.22. The second-order valence-electron chi connectivity index (χ2n) is 19.3. The van der Waals surface area contributed by atoms with E-state index in [0.29, 0.717) is 37.9 Å². The third-order valence-electron chi connectivity index (χ3n) is 13.9. The highest BCUT2D eigenvalue weighted by Crippen LogP contribution is 2.44. The van der Waals surface area contributed by atoms with E-state index >= 15 is 4.79 Å². The Labute approximate surface area is 378 Å². The number of carbonyl (C=O) groups excluding carboxylic acids is 4. The number of imidazole rings is 1. The van der Waals surface area contributed by atoms with Crippen molar-refractivity contribution in [3.8, 4) is 11.3 Å². The van der Waals surface area contributed by atoms with Crippen LogP contribution in [-0.2, 0) is 54.1 Å². The summed E-state index contributed by atoms with van der Waals surface area (Å²) in [5.74, 6) is -3.89. The number of ketones is 1. The van der Waals surface area contributed by atoms with Crippen LogP contribution in [0.2, 0.25) is 0 Å². The Bertz CT molecular complexity index is 1960. The molecule has 16 nitrogen and oxygen atoms in total. The summed E-state index contributed by atoms with van der Waals surface area (Å²) in [6, 6.07) is 2.84. The second-order valence-corrected chi connectivity index (χ2v) is 19.3. The Kier molecular flexibility index (Phi) is 15.8. The van der Waals surface area contributed by atoms with Crippen LogP contribution in [0.1, 0.15) is 94.4 Å². The highest BCUT2D eigenvalue weighted by Gasteiger charge is 2.60. The Balaban J connectivity index is 1.34. The normalized spacial score (nSPS) is 36.7. The average Bonchev–Trinajstić information content (AvgIpc) is 3.84. The van der Waals surface area contributed by atoms with Crippen molar-refractivity contribution in [2.24, 2.45) is 23.7 Å². The van der Waals surface area contributed by atoms with Crippen LogP contribution in [-0.4, -0.2) is 142 Å². The summed E-state index contributed by atoms with van der Waals surface area (Å²) in [7, 11) is 3.85. The van der Waals surface area contributed by atoms with Gasteiger partial charge in [-0.05, 0) is 91.6 Å². The van der Waals surface area contributed by atoms with Gasteiger partial charge in [-0.25, -0.2) is 9.78 Å². The van der Waals surface area contributed by atoms with Gasteiger partial charge in [0, 0.05) is 61.9 Å². The van der Waals surface area contributed by atoms with Gasteiger partial charge in [-0.3, -0.25) is 19.4 Å². The van der Waals surface area contributed by atoms with Crippen LogP contribution in [0, 0.1) is 23.7 Å². The number of ether oxygens (including phenoxy) is 7. The largest absolute Gasteiger partial charge is 0.458 e. The minimum Gasteiger partial charge on any atom is -0.458 e. The number of likely N-dealkylation sites (N-methyl/N-ethyl adjacent to an activating group) is 1. The number of nitrogens with zero attached hydrogens (tertiary/aromatic N) is 5. The smallest absolute Gasteiger partial charge is 0.410 e. The number of hydrogen-bond acceptors (Lipinski definition) is 14. The SMILES string of the molecule is C=C1CO[C@@H]2[C@H](C)[C@@H](O[C@@H]3O[C@H](C)C[C@H](N(C)C)[C@H]3OC(C)=O)[C@](C)(C[C@@H](C)C(=O)[C@H](C)[C@H]3N(CCCCn4cnc(-c5cccnc5)c4)C(=O)O[C@]3(C)[C@@H](CC)OC(=O)[C@@H]2C)OC1. The molecule has 14 atom stereocenters. The standard InChI is InChI=1S/C48H71N5O11/c1-13-38-48(10)42(53(46(57)64-48)20-15-14-19-52-24-36(50-27-52)35-17-16-18-49-23-35)31(5)39(55)29(3)22-47(9)43(32(6)40(33(7)44(56)62-38)58-25-28(2)26-59-47)63-45-41(61-34(8)54)37(51(11)12)21-30(4)60-45/h16-18,23-24,27,29-33,37-38,40-43,45H,2,13-15,19-22,25-26H2,1,3-12H3/t29-,30-,31+,32+,33-,37+,38-,40-,41-,42-,43-,45+,47+,48-/m1/s1. The molecule has 4 aliphatic rings. The number of carbonyl (C=O) groups is 4. The van der Waals surface area contributed by atoms with E-state index in [1.54, 1.807) is 37.5 Å². The van der Waals surface area contributed by atoms with Gasteiger partial charge in [0.2, 0.25) is 0 Å². The molecular formula is C48H71N5O11. The van der Waals surface area contributed by atoms with Crippen LogP contribution in [0.4, 0.5) is 4.79 Å². The summed E-state index contributed by atoms with van der Waals surface area (Å²) < 4.78 is 47.6. The van der Waals surface area contributed by atoms with Gasteiger partial charge in [-0.1, -0.05) is 34.3 Å². The molecule has 0 spiro atoms. The molecule has 0 unspecified atom stereocenters. The maximum atomic E-state index is 15.1. The molecule has 0 N–H and O–H groups in total. The molecule has 1 amide bonds. The van der Waals surface area contributed by atoms with Gasteiger partial charge in [-0.2, -0.15) is 0 Å². The lowest BCUT2D eigenvalue weighted by molar-refractivity contribution is -0.304. The van der Waals surface area contributed by atoms with Gasteiger partial charge in [0.1, 0.15) is 11.9 Å². The average molecular weight is 894 g/mol. The third kappa shape index (κ3) is 10.6. The summed E-state index contributed by atoms with van der Waals surface area (Å²) >= 11 is 0. The maximum Gasteiger partial charge on any atom is 0.410 e. The molecule has 0 aromatic carbocycles. The fraction of sp³-hybridized carbons (Fsp3) is 0.708. The third-order valence-corrected chi connectivity index (χ3v) is 13.9. The maximum absolute atomic E-state index is 15.1. The van der Waals surface area contributed by atoms with Gasteiger partial charge in [-0.15, -0.1) is 0 Å². The molecular weight excluding hydrogens is 823 g/mol. The molecule has 4 saturated heterocycles. The Morgan fingerprint density at radius 1 is 1.05 bits per heavy atom. The molecule has 2 aromatic heterocycles. The van der Waals surface area contributed by atoms with E-state index in [-0.39, 0.29) is 37.6 Å². The molecule has 2 aromatic rings. The first-order chi connectivity index (χ1) is 30.3. The van der Waals surface area contributed by atoms with Crippen molar-refractivity contribution in [2.75, 3.05) is 33.9 Å². The molecule has 354 valence electrons. The number of fused-ring (bicyclic) bond motifs is 4. The number of amides is 1. The lowest BCUT2D eigenvalue weighted by Gasteiger charge is -2.49. The molecule has 0 aliphatic carbocycles. The topological polar surface area (TPSA) is 170 Å². The number of cyclic esters (lactones) is 1. The molecule has 6 heterocycles. The summed E-state index contributed by atoms with van der Waals surface area (Å²) in [4.78, 5) is 68.7. The van der Waals surface area contributed by atoms with E-state index in [1.165, 1.54) is 6.92 Å². The number of hydrogen-bond donors (Lipinski definition) is 0. The molecule has 0 saturated carbocycles. The molecule has 2 bridgehead atoms. The van der Waals surface area contributed by atoms with E-state index in [9.17, 15) is 14.4 Å². The fourth-order valence-electron chi connectivity index (χ4n) is 10.6. The highest BCUT2D eigenvalue weighted by atomic mass is 16.7. The molecule has 6 rings (SSSR count). The van der Waals surface area contributed by atoms with Crippen molar-refractivity contribution in [1.82, 2.24) is 24.3 Å². The first kappa shape index (κ1) is 49.2. The zero-order valence-corrected chi connectivity index (χ0v) is 39.7. The number of aryl methyl sites for hydroxylation is 1. The van der Waals surface area contributed by atoms with Gasteiger partial charge in [0.15, 0.2) is 18.0 Å². The van der Waals surface area contributed by atoms with E-state index in [1.807, 2.05) is 83.4 Å². The van der Waals surface area contributed by atoms with Crippen molar-refractivity contribution >= 4 is 23.8 Å². The van der Waals surface area contributed by atoms with Crippen molar-refractivity contribution in [3.05, 3.63) is 49.2 Å². The fourth-order valence-corrected chi connectivity index (χ4v) is 10.6. The summed E-state index contributed by atoms with van der Waals surface area (Å²) in [5, 5.41) is 0. The molecule has 64 heavy (non-hydrogen) atoms. The number of pyridine rings is 1. The molecule has 0 radical (unpaired) electrons. The minimum atomic E-state index is -1.36. The molecule has 4 fully saturated rings. The first-order valence-corrected chi connectivity index (χ1v) is 23.0. The van der Waals surface area contributed by atoms with Crippen LogP contribution >= 0.6 is 0 Å². The van der Waals surface area contributed by atoms with Crippen molar-refractivity contribution in [3.63, 3.8) is 0 Å². The van der Waals surface area contributed by atoms with Crippen molar-refractivity contribution in [1.29, 1.82) is 0 Å². The highest BCUT2D eigenvalue weighted by molar-refractivity contribution is 5.85. The van der Waals surface area contributed by atoms with Gasteiger partial charge in [0.05, 0.1) is 67.1 Å². The van der Waals surface area contributed by atoms with E-state index in [2.05, 4.69) is 16.5 Å². The number of unbranched alkanes of at least 4 members (excludes halogenated alkanes) is 1. The quantitative estimate of drug-likeness (QED) is 0.107. The van der Waals surface area contributed by atoms with E-state index < -0.39 is 89.7 Å². The zero-order chi connectivity index (χ0) is 46.7. The van der Waals surface area contributed by atoms with E-state index in [4.69, 9.17) is 33.2 Å². The van der Waals surface area contributed by atoms with Crippen LogP contribution < -0.4 is 0 Å². The van der Waals surface area contributed by atoms with E-state index in [0.717, 1.165) is 17.7 Å². The Morgan fingerprint density at radius 2 is 1.78 bits per heavy atom. The molecule has 16 heteroatoms. The van der Waals surface area contributed by atoms with Crippen LogP contribution in [0.3, 0.4) is 0 Å². The summed E-state index contributed by atoms with van der Waals surface area (Å²) in [5.41, 5.74) is -0.166. The van der Waals surface area contributed by atoms with Crippen LogP contribution in [0.5, 0.6) is 0 Å². The first-order valence-electron chi connectivity index (χ1n) is 23.0. The number of aromatic nitrogens is 3. The summed E-state index contributed by atoms with van der Waals surface area (Å²) in [6.07, 6.45) is 4.52. The van der Waals surface area contributed by atoms with Gasteiger partial charge >= 0.3 is 18.0 Å². The number of esters is 2. The predicted octanol–water partition coefficient (Wildman–Crippen LogP) is 6.26. The number of Topliss-reactive ketones (excluding diaryl/α,β-unsaturated/α-hetero) is 1. The Morgan fingerprint density at radius 3 is 2.45 bits per heavy atom. The van der Waals surface area contributed by atoms with Gasteiger partial charge in [0.25, 0.3) is 0 Å². The van der Waals surface area contributed by atoms with Gasteiger partial charge < -0.3 is 47.5 Å². The minimum absolute atomic E-state index is 0.0965. The second kappa shape index (κ2) is 20.5. The monoisotopic (exact) mass is 894 g/mol. The summed E-state index contributed by atoms with van der Waals surface area (Å²) in [6.45, 7) is 21.7. The lowest BCUT2D eigenvalue weighted by atomic mass is 9.73. The van der Waals surface area contributed by atoms with Crippen LogP contribution in [0.25, 0.3) is 11.3 Å².